The standard InChI is InChI=1S/C27H38N2O6/c1-16(28-23(32)10-8-17-7-9-20(30)21(31)14-17)24(33)29-13-5-6-19(29)25(34)35-22-15-18-11-12-27(22,4)26(18,2)3/h7,9,14,16,18-19,22,30-31H,5-6,8,10-13,15H2,1-4H3,(H,28,32)/t16-,18?,19?,22?,27?/m0/s1. The summed E-state index contributed by atoms with van der Waals surface area (Å²) in [6.45, 7) is 8.89. The van der Waals surface area contributed by atoms with Crippen molar-refractivity contribution in [2.75, 3.05) is 6.54 Å². The van der Waals surface area contributed by atoms with Crippen LogP contribution in [0.2, 0.25) is 0 Å². The average Bonchev–Trinajstić information content (AvgIpc) is 3.43. The van der Waals surface area contributed by atoms with Crippen LogP contribution in [0.3, 0.4) is 0 Å². The van der Waals surface area contributed by atoms with Crippen LogP contribution < -0.4 is 5.32 Å². The maximum absolute atomic E-state index is 13.2. The first-order valence-corrected chi connectivity index (χ1v) is 12.7. The quantitative estimate of drug-likeness (QED) is 0.402. The Bertz CT molecular complexity index is 1010. The number of esters is 1. The van der Waals surface area contributed by atoms with E-state index in [-0.39, 0.29) is 52.6 Å². The van der Waals surface area contributed by atoms with E-state index in [0.29, 0.717) is 30.9 Å². The van der Waals surface area contributed by atoms with Crippen molar-refractivity contribution in [3.63, 3.8) is 0 Å². The van der Waals surface area contributed by atoms with Crippen molar-refractivity contribution in [2.24, 2.45) is 16.7 Å². The van der Waals surface area contributed by atoms with E-state index < -0.39 is 12.1 Å². The number of amides is 2. The van der Waals surface area contributed by atoms with E-state index in [4.69, 9.17) is 4.74 Å². The van der Waals surface area contributed by atoms with Gasteiger partial charge in [-0.05, 0) is 74.5 Å². The zero-order chi connectivity index (χ0) is 25.5. The van der Waals surface area contributed by atoms with E-state index in [1.807, 2.05) is 0 Å². The van der Waals surface area contributed by atoms with E-state index in [1.54, 1.807) is 17.9 Å². The molecule has 4 rings (SSSR count). The molecule has 3 aliphatic rings. The molecule has 1 aliphatic heterocycles. The molecule has 192 valence electrons. The minimum atomic E-state index is -0.761. The highest BCUT2D eigenvalue weighted by Crippen LogP contribution is 2.66. The lowest BCUT2D eigenvalue weighted by Gasteiger charge is -2.39. The van der Waals surface area contributed by atoms with Gasteiger partial charge in [-0.2, -0.15) is 0 Å². The molecule has 1 aromatic carbocycles. The van der Waals surface area contributed by atoms with Gasteiger partial charge in [0.2, 0.25) is 11.8 Å². The van der Waals surface area contributed by atoms with Crippen LogP contribution in [0.1, 0.15) is 71.8 Å². The summed E-state index contributed by atoms with van der Waals surface area (Å²) < 4.78 is 6.06. The number of fused-ring (bicyclic) bond motifs is 2. The predicted octanol–water partition coefficient (Wildman–Crippen LogP) is 3.28. The summed E-state index contributed by atoms with van der Waals surface area (Å²) in [6.07, 6.45) is 4.80. The van der Waals surface area contributed by atoms with E-state index in [9.17, 15) is 24.6 Å². The maximum atomic E-state index is 13.2. The third-order valence-electron chi connectivity index (χ3n) is 9.21. The van der Waals surface area contributed by atoms with Gasteiger partial charge >= 0.3 is 5.97 Å². The van der Waals surface area contributed by atoms with Gasteiger partial charge in [0.1, 0.15) is 18.2 Å². The Hall–Kier alpha value is -2.77. The number of nitrogens with zero attached hydrogens (tertiary/aromatic N) is 1. The lowest BCUT2D eigenvalue weighted by molar-refractivity contribution is -0.165. The zero-order valence-electron chi connectivity index (χ0n) is 21.2. The van der Waals surface area contributed by atoms with Crippen molar-refractivity contribution < 1.29 is 29.3 Å². The molecule has 3 fully saturated rings. The third kappa shape index (κ3) is 4.59. The largest absolute Gasteiger partial charge is 0.504 e. The molecular weight excluding hydrogens is 448 g/mol. The van der Waals surface area contributed by atoms with Crippen LogP contribution in [-0.2, 0) is 25.5 Å². The van der Waals surface area contributed by atoms with Crippen LogP contribution in [0.25, 0.3) is 0 Å². The van der Waals surface area contributed by atoms with Crippen LogP contribution in [0.4, 0.5) is 0 Å². The molecule has 35 heavy (non-hydrogen) atoms. The molecular formula is C27H38N2O6. The molecule has 1 aromatic rings. The van der Waals surface area contributed by atoms with Crippen LogP contribution in [0.5, 0.6) is 11.5 Å². The normalized spacial score (nSPS) is 29.7. The average molecular weight is 487 g/mol. The van der Waals surface area contributed by atoms with Crippen molar-refractivity contribution >= 4 is 17.8 Å². The lowest BCUT2D eigenvalue weighted by Crippen LogP contribution is -2.51. The zero-order valence-corrected chi connectivity index (χ0v) is 21.2. The number of carbonyl (C=O) groups excluding carboxylic acids is 3. The van der Waals surface area contributed by atoms with Crippen LogP contribution in [0, 0.1) is 16.7 Å². The van der Waals surface area contributed by atoms with Crippen molar-refractivity contribution in [1.82, 2.24) is 10.2 Å². The summed E-state index contributed by atoms with van der Waals surface area (Å²) in [4.78, 5) is 40.3. The van der Waals surface area contributed by atoms with Gasteiger partial charge in [-0.25, -0.2) is 4.79 Å². The second kappa shape index (κ2) is 9.36. The first-order valence-electron chi connectivity index (χ1n) is 12.7. The predicted molar refractivity (Wildman–Crippen MR) is 130 cm³/mol. The van der Waals surface area contributed by atoms with Crippen LogP contribution in [0.15, 0.2) is 18.2 Å². The summed E-state index contributed by atoms with van der Waals surface area (Å²) >= 11 is 0. The second-order valence-corrected chi connectivity index (χ2v) is 11.3. The highest BCUT2D eigenvalue weighted by atomic mass is 16.5. The molecule has 5 atom stereocenters. The molecule has 3 N–H and O–H groups in total. The number of phenolic OH excluding ortho intramolecular Hbond substituents is 2. The Kier molecular flexibility index (Phi) is 6.77. The minimum Gasteiger partial charge on any atom is -0.504 e. The first kappa shape index (κ1) is 25.3. The molecule has 2 amide bonds. The summed E-state index contributed by atoms with van der Waals surface area (Å²) in [5, 5.41) is 21.7. The summed E-state index contributed by atoms with van der Waals surface area (Å²) in [7, 11) is 0. The fourth-order valence-corrected chi connectivity index (χ4v) is 6.41. The molecule has 1 saturated heterocycles. The van der Waals surface area contributed by atoms with E-state index in [1.165, 1.54) is 18.6 Å². The van der Waals surface area contributed by atoms with E-state index >= 15 is 0 Å². The summed E-state index contributed by atoms with van der Waals surface area (Å²) in [5.41, 5.74) is 0.811. The Labute approximate surface area is 207 Å². The molecule has 2 bridgehead atoms. The van der Waals surface area contributed by atoms with Gasteiger partial charge in [0.05, 0.1) is 0 Å². The Morgan fingerprint density at radius 2 is 1.91 bits per heavy atom. The van der Waals surface area contributed by atoms with Gasteiger partial charge in [0.25, 0.3) is 0 Å². The topological polar surface area (TPSA) is 116 Å². The molecule has 0 radical (unpaired) electrons. The first-order chi connectivity index (χ1) is 16.4. The molecule has 0 spiro atoms. The van der Waals surface area contributed by atoms with Gasteiger partial charge in [-0.15, -0.1) is 0 Å². The molecule has 8 heteroatoms. The van der Waals surface area contributed by atoms with Gasteiger partial charge in [0.15, 0.2) is 11.5 Å². The number of benzene rings is 1. The molecule has 0 aromatic heterocycles. The number of phenols is 2. The number of ether oxygens (including phenoxy) is 1. The monoisotopic (exact) mass is 486 g/mol. The van der Waals surface area contributed by atoms with E-state index in [0.717, 1.165) is 19.3 Å². The smallest absolute Gasteiger partial charge is 0.329 e. The number of aryl methyl sites for hydroxylation is 1. The van der Waals surface area contributed by atoms with Crippen LogP contribution >= 0.6 is 0 Å². The van der Waals surface area contributed by atoms with Crippen molar-refractivity contribution in [2.45, 2.75) is 90.8 Å². The van der Waals surface area contributed by atoms with Gasteiger partial charge in [0, 0.05) is 18.4 Å². The second-order valence-electron chi connectivity index (χ2n) is 11.3. The van der Waals surface area contributed by atoms with E-state index in [2.05, 4.69) is 26.1 Å². The fraction of sp³-hybridized carbons (Fsp3) is 0.667. The number of hydrogen-bond acceptors (Lipinski definition) is 6. The third-order valence-corrected chi connectivity index (χ3v) is 9.21. The number of carbonyl (C=O) groups is 3. The molecule has 2 aliphatic carbocycles. The van der Waals surface area contributed by atoms with Crippen molar-refractivity contribution in [3.05, 3.63) is 23.8 Å². The molecule has 4 unspecified atom stereocenters. The number of nitrogens with one attached hydrogen (secondary N) is 1. The molecule has 2 saturated carbocycles. The SMILES string of the molecule is C[C@H](NC(=O)CCc1ccc(O)c(O)c1)C(=O)N1CCCC1C(=O)OC1CC2CCC1(C)C2(C)C. The summed E-state index contributed by atoms with van der Waals surface area (Å²) in [5.74, 6) is -0.785. The van der Waals surface area contributed by atoms with Gasteiger partial charge in [-0.1, -0.05) is 26.8 Å². The van der Waals surface area contributed by atoms with Gasteiger partial charge in [-0.3, -0.25) is 9.59 Å². The van der Waals surface area contributed by atoms with Crippen molar-refractivity contribution in [3.8, 4) is 11.5 Å². The molecule has 8 nitrogen and oxygen atoms in total. The number of rotatable bonds is 7. The highest BCUT2D eigenvalue weighted by molar-refractivity contribution is 5.91. The number of hydrogen-bond donors (Lipinski definition) is 3. The highest BCUT2D eigenvalue weighted by Gasteiger charge is 2.63. The fourth-order valence-electron chi connectivity index (χ4n) is 6.41. The maximum Gasteiger partial charge on any atom is 0.329 e. The Morgan fingerprint density at radius 3 is 2.54 bits per heavy atom. The van der Waals surface area contributed by atoms with Crippen LogP contribution in [-0.4, -0.2) is 57.6 Å². The lowest BCUT2D eigenvalue weighted by atomic mass is 9.70. The van der Waals surface area contributed by atoms with Gasteiger partial charge < -0.3 is 25.2 Å². The molecule has 1 heterocycles. The number of likely N-dealkylation sites (tertiary alicyclic amines) is 1. The minimum absolute atomic E-state index is 0.0314. The Morgan fingerprint density at radius 1 is 1.17 bits per heavy atom. The Balaban J connectivity index is 1.30. The number of aromatic hydroxyl groups is 2. The summed E-state index contributed by atoms with van der Waals surface area (Å²) in [6, 6.07) is 3.06. The van der Waals surface area contributed by atoms with Crippen molar-refractivity contribution in [1.29, 1.82) is 0 Å².